The SMILES string of the molecule is BrC(=C\Nc1ccccc1)/C=N/c1ccccc1. The molecule has 18 heavy (non-hydrogen) atoms. The molecule has 3 heteroatoms. The first kappa shape index (κ1) is 12.6. The Bertz CT molecular complexity index is 533. The van der Waals surface area contributed by atoms with Gasteiger partial charge < -0.3 is 5.32 Å². The van der Waals surface area contributed by atoms with Crippen molar-refractivity contribution in [1.29, 1.82) is 0 Å². The topological polar surface area (TPSA) is 24.4 Å². The van der Waals surface area contributed by atoms with Crippen LogP contribution in [0.2, 0.25) is 0 Å². The number of allylic oxidation sites excluding steroid dienone is 1. The maximum absolute atomic E-state index is 4.34. The van der Waals surface area contributed by atoms with Gasteiger partial charge in [0.05, 0.1) is 10.2 Å². The van der Waals surface area contributed by atoms with Gasteiger partial charge in [-0.05, 0) is 40.2 Å². The van der Waals surface area contributed by atoms with Gasteiger partial charge in [-0.1, -0.05) is 36.4 Å². The molecular weight excluding hydrogens is 288 g/mol. The highest BCUT2D eigenvalue weighted by molar-refractivity contribution is 9.12. The molecule has 0 fully saturated rings. The summed E-state index contributed by atoms with van der Waals surface area (Å²) in [7, 11) is 0. The molecule has 90 valence electrons. The van der Waals surface area contributed by atoms with Crippen LogP contribution in [0.5, 0.6) is 0 Å². The second kappa shape index (κ2) is 6.77. The molecule has 0 aliphatic carbocycles. The number of nitrogens with zero attached hydrogens (tertiary/aromatic N) is 1. The lowest BCUT2D eigenvalue weighted by Crippen LogP contribution is -1.88. The van der Waals surface area contributed by atoms with Gasteiger partial charge in [-0.25, -0.2) is 0 Å². The summed E-state index contributed by atoms with van der Waals surface area (Å²) < 4.78 is 0.884. The van der Waals surface area contributed by atoms with Gasteiger partial charge >= 0.3 is 0 Å². The molecule has 0 amide bonds. The fraction of sp³-hybridized carbons (Fsp3) is 0. The van der Waals surface area contributed by atoms with E-state index < -0.39 is 0 Å². The van der Waals surface area contributed by atoms with Crippen LogP contribution in [0.4, 0.5) is 11.4 Å². The van der Waals surface area contributed by atoms with Crippen molar-refractivity contribution >= 4 is 33.5 Å². The highest BCUT2D eigenvalue weighted by atomic mass is 79.9. The van der Waals surface area contributed by atoms with E-state index in [2.05, 4.69) is 26.2 Å². The number of nitrogens with one attached hydrogen (secondary N) is 1. The Labute approximate surface area is 115 Å². The molecule has 1 N–H and O–H groups in total. The van der Waals surface area contributed by atoms with E-state index in [1.165, 1.54) is 0 Å². The molecule has 0 aromatic heterocycles. The van der Waals surface area contributed by atoms with E-state index in [0.29, 0.717) is 0 Å². The Morgan fingerprint density at radius 3 is 2.22 bits per heavy atom. The van der Waals surface area contributed by atoms with Crippen molar-refractivity contribution in [2.75, 3.05) is 5.32 Å². The number of rotatable bonds is 4. The van der Waals surface area contributed by atoms with Gasteiger partial charge in [0.2, 0.25) is 0 Å². The highest BCUT2D eigenvalue weighted by Crippen LogP contribution is 2.12. The molecule has 0 aliphatic rings. The van der Waals surface area contributed by atoms with Gasteiger partial charge in [0, 0.05) is 18.1 Å². The Morgan fingerprint density at radius 2 is 1.56 bits per heavy atom. The lowest BCUT2D eigenvalue weighted by molar-refractivity contribution is 1.53. The lowest BCUT2D eigenvalue weighted by Gasteiger charge is -1.99. The predicted octanol–water partition coefficient (Wildman–Crippen LogP) is 4.74. The molecular formula is C15H13BrN2. The Balaban J connectivity index is 1.96. The first-order valence-electron chi connectivity index (χ1n) is 5.61. The number of hydrogen-bond donors (Lipinski definition) is 1. The van der Waals surface area contributed by atoms with Crippen LogP contribution in [0.25, 0.3) is 0 Å². The molecule has 0 radical (unpaired) electrons. The summed E-state index contributed by atoms with van der Waals surface area (Å²) in [6.45, 7) is 0. The molecule has 2 aromatic rings. The van der Waals surface area contributed by atoms with Crippen molar-refractivity contribution in [1.82, 2.24) is 0 Å². The van der Waals surface area contributed by atoms with Crippen LogP contribution >= 0.6 is 15.9 Å². The Kier molecular flexibility index (Phi) is 4.73. The Hall–Kier alpha value is -1.87. The van der Waals surface area contributed by atoms with Crippen LogP contribution in [0.3, 0.4) is 0 Å². The van der Waals surface area contributed by atoms with E-state index in [1.807, 2.05) is 66.9 Å². The average Bonchev–Trinajstić information content (AvgIpc) is 2.45. The normalized spacial score (nSPS) is 11.7. The second-order valence-corrected chi connectivity index (χ2v) is 4.55. The summed E-state index contributed by atoms with van der Waals surface area (Å²) in [6.07, 6.45) is 3.63. The summed E-state index contributed by atoms with van der Waals surface area (Å²) >= 11 is 3.44. The van der Waals surface area contributed by atoms with E-state index in [0.717, 1.165) is 15.9 Å². The van der Waals surface area contributed by atoms with E-state index >= 15 is 0 Å². The fourth-order valence-corrected chi connectivity index (χ4v) is 1.59. The zero-order valence-electron chi connectivity index (χ0n) is 9.75. The van der Waals surface area contributed by atoms with Crippen molar-refractivity contribution in [2.24, 2.45) is 4.99 Å². The van der Waals surface area contributed by atoms with Crippen LogP contribution in [0, 0.1) is 0 Å². The van der Waals surface area contributed by atoms with E-state index in [4.69, 9.17) is 0 Å². The van der Waals surface area contributed by atoms with Gasteiger partial charge in [0.15, 0.2) is 0 Å². The third-order valence-electron chi connectivity index (χ3n) is 2.24. The summed E-state index contributed by atoms with van der Waals surface area (Å²) in [5.74, 6) is 0. The zero-order chi connectivity index (χ0) is 12.6. The quantitative estimate of drug-likeness (QED) is 0.811. The number of halogens is 1. The zero-order valence-corrected chi connectivity index (χ0v) is 11.3. The third-order valence-corrected chi connectivity index (χ3v) is 2.68. The monoisotopic (exact) mass is 300 g/mol. The van der Waals surface area contributed by atoms with Gasteiger partial charge in [-0.3, -0.25) is 4.99 Å². The Morgan fingerprint density at radius 1 is 0.944 bits per heavy atom. The van der Waals surface area contributed by atoms with Gasteiger partial charge in [-0.2, -0.15) is 0 Å². The van der Waals surface area contributed by atoms with Crippen molar-refractivity contribution in [3.05, 3.63) is 71.3 Å². The summed E-state index contributed by atoms with van der Waals surface area (Å²) in [4.78, 5) is 4.34. The summed E-state index contributed by atoms with van der Waals surface area (Å²) in [5, 5.41) is 3.18. The number of benzene rings is 2. The number of anilines is 1. The standard InChI is InChI=1S/C15H13BrN2/c16-13(11-17-14-7-3-1-4-8-14)12-18-15-9-5-2-6-10-15/h1-12,17H/b13-11-,18-12+. The maximum Gasteiger partial charge on any atom is 0.0630 e. The number of para-hydroxylation sites is 2. The summed E-state index contributed by atoms with van der Waals surface area (Å²) in [5.41, 5.74) is 1.98. The summed E-state index contributed by atoms with van der Waals surface area (Å²) in [6, 6.07) is 19.8. The van der Waals surface area contributed by atoms with Gasteiger partial charge in [0.1, 0.15) is 0 Å². The van der Waals surface area contributed by atoms with Gasteiger partial charge in [0.25, 0.3) is 0 Å². The van der Waals surface area contributed by atoms with E-state index in [-0.39, 0.29) is 0 Å². The minimum atomic E-state index is 0.884. The second-order valence-electron chi connectivity index (χ2n) is 3.63. The van der Waals surface area contributed by atoms with Crippen molar-refractivity contribution < 1.29 is 0 Å². The number of hydrogen-bond acceptors (Lipinski definition) is 2. The highest BCUT2D eigenvalue weighted by Gasteiger charge is 1.89. The average molecular weight is 301 g/mol. The fourth-order valence-electron chi connectivity index (χ4n) is 1.37. The minimum Gasteiger partial charge on any atom is -0.361 e. The lowest BCUT2D eigenvalue weighted by atomic mass is 10.3. The van der Waals surface area contributed by atoms with Crippen molar-refractivity contribution in [3.63, 3.8) is 0 Å². The first-order valence-corrected chi connectivity index (χ1v) is 6.40. The molecule has 0 spiro atoms. The number of aliphatic imine (C=N–C) groups is 1. The van der Waals surface area contributed by atoms with E-state index in [9.17, 15) is 0 Å². The minimum absolute atomic E-state index is 0.884. The van der Waals surface area contributed by atoms with Crippen LogP contribution in [-0.4, -0.2) is 6.21 Å². The molecule has 0 bridgehead atoms. The van der Waals surface area contributed by atoms with Crippen LogP contribution in [0.15, 0.2) is 76.3 Å². The van der Waals surface area contributed by atoms with Crippen LogP contribution < -0.4 is 5.32 Å². The third kappa shape index (κ3) is 4.18. The van der Waals surface area contributed by atoms with Crippen LogP contribution in [-0.2, 0) is 0 Å². The molecule has 0 unspecified atom stereocenters. The van der Waals surface area contributed by atoms with E-state index in [1.54, 1.807) is 6.21 Å². The predicted molar refractivity (Wildman–Crippen MR) is 81.7 cm³/mol. The van der Waals surface area contributed by atoms with Crippen molar-refractivity contribution in [3.8, 4) is 0 Å². The van der Waals surface area contributed by atoms with Crippen molar-refractivity contribution in [2.45, 2.75) is 0 Å². The largest absolute Gasteiger partial charge is 0.361 e. The molecule has 0 aliphatic heterocycles. The maximum atomic E-state index is 4.34. The molecule has 0 saturated carbocycles. The molecule has 0 heterocycles. The van der Waals surface area contributed by atoms with Gasteiger partial charge in [-0.15, -0.1) is 0 Å². The molecule has 2 nitrogen and oxygen atoms in total. The molecule has 2 rings (SSSR count). The molecule has 0 atom stereocenters. The smallest absolute Gasteiger partial charge is 0.0630 e. The molecule has 2 aromatic carbocycles. The molecule has 0 saturated heterocycles. The first-order chi connectivity index (χ1) is 8.84. The van der Waals surface area contributed by atoms with Crippen LogP contribution in [0.1, 0.15) is 0 Å².